The van der Waals surface area contributed by atoms with Crippen LogP contribution >= 0.6 is 0 Å². The molecule has 2 aromatic rings. The lowest BCUT2D eigenvalue weighted by molar-refractivity contribution is -0.118. The van der Waals surface area contributed by atoms with Gasteiger partial charge in [-0.25, -0.2) is 0 Å². The van der Waals surface area contributed by atoms with Gasteiger partial charge in [-0.1, -0.05) is 31.2 Å². The van der Waals surface area contributed by atoms with Gasteiger partial charge in [-0.15, -0.1) is 0 Å². The summed E-state index contributed by atoms with van der Waals surface area (Å²) in [5.41, 5.74) is 2.05. The van der Waals surface area contributed by atoms with Gasteiger partial charge in [0.2, 0.25) is 0 Å². The minimum Gasteiger partial charge on any atom is -0.484 e. The van der Waals surface area contributed by atoms with Gasteiger partial charge in [-0.2, -0.15) is 0 Å². The van der Waals surface area contributed by atoms with Crippen molar-refractivity contribution in [3.63, 3.8) is 0 Å². The standard InChI is InChI=1S/C19H22N2O3/c1-3-14-8-7-9-15(12-14)24-13-18(22)21-17-11-6-5-10-16(17)19(23)20-4-2/h5-12H,3-4,13H2,1-2H3,(H,20,23)(H,21,22). The molecule has 0 atom stereocenters. The predicted molar refractivity (Wildman–Crippen MR) is 94.4 cm³/mol. The molecule has 0 saturated carbocycles. The molecule has 5 heteroatoms. The molecule has 2 N–H and O–H groups in total. The van der Waals surface area contributed by atoms with Crippen LogP contribution in [-0.2, 0) is 11.2 Å². The number of rotatable bonds is 7. The molecular weight excluding hydrogens is 304 g/mol. The van der Waals surface area contributed by atoms with Crippen LogP contribution in [0.4, 0.5) is 5.69 Å². The van der Waals surface area contributed by atoms with Gasteiger partial charge < -0.3 is 15.4 Å². The zero-order valence-corrected chi connectivity index (χ0v) is 14.0. The molecule has 0 heterocycles. The summed E-state index contributed by atoms with van der Waals surface area (Å²) in [6.07, 6.45) is 0.906. The van der Waals surface area contributed by atoms with Crippen molar-refractivity contribution in [3.8, 4) is 5.75 Å². The van der Waals surface area contributed by atoms with Crippen molar-refractivity contribution in [2.75, 3.05) is 18.5 Å². The van der Waals surface area contributed by atoms with E-state index in [0.717, 1.165) is 12.0 Å². The molecule has 0 unspecified atom stereocenters. The lowest BCUT2D eigenvalue weighted by atomic mass is 10.1. The van der Waals surface area contributed by atoms with Gasteiger partial charge in [0.15, 0.2) is 6.61 Å². The van der Waals surface area contributed by atoms with Crippen molar-refractivity contribution in [1.82, 2.24) is 5.32 Å². The molecule has 2 aromatic carbocycles. The van der Waals surface area contributed by atoms with Crippen LogP contribution in [0.15, 0.2) is 48.5 Å². The fraction of sp³-hybridized carbons (Fsp3) is 0.263. The molecule has 2 rings (SSSR count). The summed E-state index contributed by atoms with van der Waals surface area (Å²) in [5, 5.41) is 5.45. The van der Waals surface area contributed by atoms with Crippen molar-refractivity contribution in [1.29, 1.82) is 0 Å². The molecule has 0 aliphatic carbocycles. The molecule has 2 amide bonds. The molecule has 5 nitrogen and oxygen atoms in total. The van der Waals surface area contributed by atoms with Crippen LogP contribution in [0, 0.1) is 0 Å². The topological polar surface area (TPSA) is 67.4 Å². The average Bonchev–Trinajstić information content (AvgIpc) is 2.61. The Labute approximate surface area is 142 Å². The van der Waals surface area contributed by atoms with Crippen molar-refractivity contribution >= 4 is 17.5 Å². The first kappa shape index (κ1) is 17.5. The normalized spacial score (nSPS) is 10.1. The third-order valence-electron chi connectivity index (χ3n) is 3.46. The number of hydrogen-bond donors (Lipinski definition) is 2. The number of anilines is 1. The first-order valence-electron chi connectivity index (χ1n) is 8.02. The van der Waals surface area contributed by atoms with Crippen LogP contribution in [0.1, 0.15) is 29.8 Å². The molecule has 0 spiro atoms. The number of carbonyl (C=O) groups excluding carboxylic acids is 2. The van der Waals surface area contributed by atoms with Crippen LogP contribution in [0.25, 0.3) is 0 Å². The maximum absolute atomic E-state index is 12.1. The van der Waals surface area contributed by atoms with Crippen LogP contribution in [0.2, 0.25) is 0 Å². The summed E-state index contributed by atoms with van der Waals surface area (Å²) in [7, 11) is 0. The van der Waals surface area contributed by atoms with Gasteiger partial charge in [-0.3, -0.25) is 9.59 Å². The lowest BCUT2D eigenvalue weighted by Crippen LogP contribution is -2.26. The third-order valence-corrected chi connectivity index (χ3v) is 3.46. The summed E-state index contributed by atoms with van der Waals surface area (Å²) in [5.74, 6) is 0.125. The molecule has 0 aliphatic rings. The summed E-state index contributed by atoms with van der Waals surface area (Å²) in [4.78, 5) is 24.1. The fourth-order valence-electron chi connectivity index (χ4n) is 2.24. The van der Waals surface area contributed by atoms with Crippen LogP contribution in [0.5, 0.6) is 5.75 Å². The third kappa shape index (κ3) is 4.84. The summed E-state index contributed by atoms with van der Waals surface area (Å²) in [6.45, 7) is 4.32. The average molecular weight is 326 g/mol. The van der Waals surface area contributed by atoms with E-state index in [0.29, 0.717) is 23.5 Å². The number of nitrogens with one attached hydrogen (secondary N) is 2. The highest BCUT2D eigenvalue weighted by molar-refractivity contribution is 6.03. The highest BCUT2D eigenvalue weighted by Crippen LogP contribution is 2.16. The summed E-state index contributed by atoms with van der Waals surface area (Å²) >= 11 is 0. The Balaban J connectivity index is 1.98. The van der Waals surface area contributed by atoms with E-state index >= 15 is 0 Å². The number of benzene rings is 2. The van der Waals surface area contributed by atoms with E-state index in [-0.39, 0.29) is 18.4 Å². The number of carbonyl (C=O) groups is 2. The quantitative estimate of drug-likeness (QED) is 0.822. The zero-order chi connectivity index (χ0) is 17.4. The Hall–Kier alpha value is -2.82. The monoisotopic (exact) mass is 326 g/mol. The number of para-hydroxylation sites is 1. The van der Waals surface area contributed by atoms with Gasteiger partial charge >= 0.3 is 0 Å². The predicted octanol–water partition coefficient (Wildman–Crippen LogP) is 3.02. The Morgan fingerprint density at radius 2 is 1.83 bits per heavy atom. The smallest absolute Gasteiger partial charge is 0.262 e. The SMILES string of the molecule is CCNC(=O)c1ccccc1NC(=O)COc1cccc(CC)c1. The number of amides is 2. The molecule has 0 aromatic heterocycles. The summed E-state index contributed by atoms with van der Waals surface area (Å²) in [6, 6.07) is 14.5. The molecule has 0 saturated heterocycles. The highest BCUT2D eigenvalue weighted by Gasteiger charge is 2.12. The Kier molecular flexibility index (Phi) is 6.37. The first-order valence-corrected chi connectivity index (χ1v) is 8.02. The van der Waals surface area contributed by atoms with Crippen molar-refractivity contribution in [2.24, 2.45) is 0 Å². The number of ether oxygens (including phenoxy) is 1. The fourth-order valence-corrected chi connectivity index (χ4v) is 2.24. The molecule has 0 fully saturated rings. The van der Waals surface area contributed by atoms with Crippen molar-refractivity contribution in [2.45, 2.75) is 20.3 Å². The summed E-state index contributed by atoms with van der Waals surface area (Å²) < 4.78 is 5.52. The van der Waals surface area contributed by atoms with Gasteiger partial charge in [0, 0.05) is 6.54 Å². The minimum atomic E-state index is -0.311. The molecule has 0 bridgehead atoms. The number of aryl methyl sites for hydroxylation is 1. The molecule has 126 valence electrons. The second-order valence-electron chi connectivity index (χ2n) is 5.24. The van der Waals surface area contributed by atoms with Crippen molar-refractivity contribution in [3.05, 3.63) is 59.7 Å². The van der Waals surface area contributed by atoms with E-state index in [1.807, 2.05) is 31.2 Å². The largest absolute Gasteiger partial charge is 0.484 e. The van der Waals surface area contributed by atoms with E-state index in [9.17, 15) is 9.59 Å². The van der Waals surface area contributed by atoms with Gasteiger partial charge in [-0.05, 0) is 43.2 Å². The van der Waals surface area contributed by atoms with E-state index in [1.54, 1.807) is 24.3 Å². The van der Waals surface area contributed by atoms with Crippen LogP contribution in [0.3, 0.4) is 0 Å². The van der Waals surface area contributed by atoms with Crippen LogP contribution in [-0.4, -0.2) is 25.0 Å². The molecule has 24 heavy (non-hydrogen) atoms. The second kappa shape index (κ2) is 8.72. The first-order chi connectivity index (χ1) is 11.6. The number of hydrogen-bond acceptors (Lipinski definition) is 3. The molecule has 0 radical (unpaired) electrons. The van der Waals surface area contributed by atoms with E-state index in [2.05, 4.69) is 17.6 Å². The Bertz CT molecular complexity index is 713. The molecule has 0 aliphatic heterocycles. The van der Waals surface area contributed by atoms with Gasteiger partial charge in [0.25, 0.3) is 11.8 Å². The minimum absolute atomic E-state index is 0.114. The second-order valence-corrected chi connectivity index (χ2v) is 5.24. The maximum Gasteiger partial charge on any atom is 0.262 e. The maximum atomic E-state index is 12.1. The van der Waals surface area contributed by atoms with Gasteiger partial charge in [0.05, 0.1) is 11.3 Å². The van der Waals surface area contributed by atoms with Crippen molar-refractivity contribution < 1.29 is 14.3 Å². The zero-order valence-electron chi connectivity index (χ0n) is 14.0. The van der Waals surface area contributed by atoms with Crippen LogP contribution < -0.4 is 15.4 Å². The Morgan fingerprint density at radius 1 is 1.04 bits per heavy atom. The van der Waals surface area contributed by atoms with Gasteiger partial charge in [0.1, 0.15) is 5.75 Å². The van der Waals surface area contributed by atoms with E-state index in [1.165, 1.54) is 0 Å². The highest BCUT2D eigenvalue weighted by atomic mass is 16.5. The van der Waals surface area contributed by atoms with E-state index in [4.69, 9.17) is 4.74 Å². The Morgan fingerprint density at radius 3 is 2.58 bits per heavy atom. The lowest BCUT2D eigenvalue weighted by Gasteiger charge is -2.11. The molecular formula is C19H22N2O3. The van der Waals surface area contributed by atoms with E-state index < -0.39 is 0 Å².